The van der Waals surface area contributed by atoms with Gasteiger partial charge in [-0.1, -0.05) is 12.1 Å². The van der Waals surface area contributed by atoms with Crippen molar-refractivity contribution in [2.24, 2.45) is 5.92 Å². The summed E-state index contributed by atoms with van der Waals surface area (Å²) in [4.78, 5) is 11.7. The number of benzene rings is 1. The van der Waals surface area contributed by atoms with Crippen LogP contribution in [0.25, 0.3) is 11.4 Å². The van der Waals surface area contributed by atoms with Gasteiger partial charge in [0.2, 0.25) is 0 Å². The van der Waals surface area contributed by atoms with E-state index in [4.69, 9.17) is 4.98 Å². The Morgan fingerprint density at radius 2 is 2.04 bits per heavy atom. The lowest BCUT2D eigenvalue weighted by molar-refractivity contribution is 0.360. The Kier molecular flexibility index (Phi) is 3.65. The number of aryl methyl sites for hydroxylation is 1. The van der Waals surface area contributed by atoms with Gasteiger partial charge in [0.05, 0.1) is 5.56 Å². The van der Waals surface area contributed by atoms with Gasteiger partial charge in [0.15, 0.2) is 5.82 Å². The van der Waals surface area contributed by atoms with E-state index in [-0.39, 0.29) is 5.75 Å². The number of fused-ring (bicyclic) bond motifs is 4. The number of aromatic nitrogens is 2. The van der Waals surface area contributed by atoms with Crippen molar-refractivity contribution in [2.45, 2.75) is 25.8 Å². The number of nitrogens with zero attached hydrogens (tertiary/aromatic N) is 3. The number of hydrogen-bond donors (Lipinski definition) is 2. The summed E-state index contributed by atoms with van der Waals surface area (Å²) < 4.78 is 0. The van der Waals surface area contributed by atoms with E-state index in [1.807, 2.05) is 31.2 Å². The number of para-hydroxylation sites is 1. The van der Waals surface area contributed by atoms with Crippen LogP contribution in [0, 0.1) is 12.8 Å². The van der Waals surface area contributed by atoms with Crippen LogP contribution in [-0.4, -0.2) is 40.8 Å². The molecule has 2 N–H and O–H groups in total. The van der Waals surface area contributed by atoms with E-state index in [0.717, 1.165) is 31.1 Å². The third-order valence-electron chi connectivity index (χ3n) is 4.85. The second kappa shape index (κ2) is 5.81. The molecule has 0 unspecified atom stereocenters. The van der Waals surface area contributed by atoms with Crippen LogP contribution in [0.2, 0.25) is 0 Å². The number of aromatic hydroxyl groups is 1. The maximum atomic E-state index is 10.1. The van der Waals surface area contributed by atoms with Gasteiger partial charge in [0, 0.05) is 30.9 Å². The molecule has 2 bridgehead atoms. The molecular weight excluding hydrogens is 288 g/mol. The Bertz CT molecular complexity index is 696. The topological polar surface area (TPSA) is 61.3 Å². The second-order valence-electron chi connectivity index (χ2n) is 6.66. The van der Waals surface area contributed by atoms with E-state index in [0.29, 0.717) is 23.3 Å². The first-order valence-corrected chi connectivity index (χ1v) is 8.31. The minimum atomic E-state index is 0.224. The molecule has 0 amide bonds. The minimum Gasteiger partial charge on any atom is -0.507 e. The van der Waals surface area contributed by atoms with Gasteiger partial charge < -0.3 is 15.3 Å². The number of hydrogen-bond acceptors (Lipinski definition) is 5. The van der Waals surface area contributed by atoms with Crippen molar-refractivity contribution in [1.29, 1.82) is 0 Å². The first-order chi connectivity index (χ1) is 11.2. The lowest BCUT2D eigenvalue weighted by Crippen LogP contribution is -2.39. The monoisotopic (exact) mass is 310 g/mol. The molecule has 0 spiro atoms. The number of phenols is 1. The predicted octanol–water partition coefficient (Wildman–Crippen LogP) is 2.35. The fourth-order valence-electron chi connectivity index (χ4n) is 3.62. The van der Waals surface area contributed by atoms with Crippen LogP contribution in [0.15, 0.2) is 30.3 Å². The van der Waals surface area contributed by atoms with Gasteiger partial charge in [-0.15, -0.1) is 0 Å². The Labute approximate surface area is 136 Å². The van der Waals surface area contributed by atoms with Crippen LogP contribution >= 0.6 is 0 Å². The fraction of sp³-hybridized carbons (Fsp3) is 0.444. The van der Waals surface area contributed by atoms with Crippen LogP contribution in [0.3, 0.4) is 0 Å². The summed E-state index contributed by atoms with van der Waals surface area (Å²) in [6, 6.07) is 9.86. The van der Waals surface area contributed by atoms with Crippen LogP contribution in [0.4, 0.5) is 5.82 Å². The summed E-state index contributed by atoms with van der Waals surface area (Å²) in [7, 11) is 0. The van der Waals surface area contributed by atoms with Gasteiger partial charge >= 0.3 is 0 Å². The molecule has 5 rings (SSSR count). The predicted molar refractivity (Wildman–Crippen MR) is 90.6 cm³/mol. The van der Waals surface area contributed by atoms with Crippen molar-refractivity contribution < 1.29 is 5.11 Å². The summed E-state index contributed by atoms with van der Waals surface area (Å²) in [5.74, 6) is 2.48. The third kappa shape index (κ3) is 2.88. The van der Waals surface area contributed by atoms with Gasteiger partial charge in [-0.2, -0.15) is 0 Å². The number of anilines is 1. The second-order valence-corrected chi connectivity index (χ2v) is 6.66. The molecule has 120 valence electrons. The van der Waals surface area contributed by atoms with E-state index in [1.165, 1.54) is 12.8 Å². The van der Waals surface area contributed by atoms with Gasteiger partial charge in [-0.25, -0.2) is 9.97 Å². The van der Waals surface area contributed by atoms with Crippen molar-refractivity contribution in [3.8, 4) is 17.1 Å². The van der Waals surface area contributed by atoms with Crippen LogP contribution < -0.4 is 10.2 Å². The Balaban J connectivity index is 1.71. The molecule has 1 aromatic heterocycles. The van der Waals surface area contributed by atoms with Crippen LogP contribution in [-0.2, 0) is 0 Å². The quantitative estimate of drug-likeness (QED) is 0.891. The molecular formula is C18H22N4O. The number of nitrogens with one attached hydrogen (secondary N) is 1. The molecule has 2 atom stereocenters. The highest BCUT2D eigenvalue weighted by atomic mass is 16.3. The van der Waals surface area contributed by atoms with E-state index < -0.39 is 0 Å². The zero-order chi connectivity index (χ0) is 15.8. The number of phenolic OH excluding ortho intramolecular Hbond substituents is 1. The summed E-state index contributed by atoms with van der Waals surface area (Å²) in [5, 5.41) is 13.7. The highest BCUT2D eigenvalue weighted by Crippen LogP contribution is 2.29. The summed E-state index contributed by atoms with van der Waals surface area (Å²) in [5.41, 5.74) is 1.62. The maximum Gasteiger partial charge on any atom is 0.165 e. The lowest BCUT2D eigenvalue weighted by Gasteiger charge is -2.24. The van der Waals surface area contributed by atoms with Crippen molar-refractivity contribution in [2.75, 3.05) is 24.5 Å². The van der Waals surface area contributed by atoms with Gasteiger partial charge in [-0.3, -0.25) is 0 Å². The Morgan fingerprint density at radius 1 is 1.17 bits per heavy atom. The fourth-order valence-corrected chi connectivity index (χ4v) is 3.62. The van der Waals surface area contributed by atoms with Crippen molar-refractivity contribution >= 4 is 5.82 Å². The molecule has 2 aromatic rings. The van der Waals surface area contributed by atoms with E-state index in [9.17, 15) is 5.11 Å². The van der Waals surface area contributed by atoms with Crippen molar-refractivity contribution in [1.82, 2.24) is 15.3 Å². The lowest BCUT2D eigenvalue weighted by atomic mass is 9.97. The Hall–Kier alpha value is -2.14. The van der Waals surface area contributed by atoms with Crippen molar-refractivity contribution in [3.63, 3.8) is 0 Å². The molecule has 1 aromatic carbocycles. The standard InChI is InChI=1S/C18H22N4O/c1-12-8-17(22-10-13-6-7-14(11-22)19-9-13)21-18(20-12)15-4-2-3-5-16(15)23/h2-5,8,13-14,19,23H,6-7,9-11H2,1H3/t13-,14-/m0/s1. The largest absolute Gasteiger partial charge is 0.507 e. The van der Waals surface area contributed by atoms with E-state index in [1.54, 1.807) is 6.07 Å². The van der Waals surface area contributed by atoms with Crippen LogP contribution in [0.1, 0.15) is 18.5 Å². The molecule has 5 nitrogen and oxygen atoms in total. The molecule has 0 aliphatic carbocycles. The zero-order valence-corrected chi connectivity index (χ0v) is 13.4. The van der Waals surface area contributed by atoms with Gasteiger partial charge in [-0.05, 0) is 44.4 Å². The zero-order valence-electron chi connectivity index (χ0n) is 13.4. The van der Waals surface area contributed by atoms with E-state index in [2.05, 4.69) is 15.2 Å². The average Bonchev–Trinajstić information content (AvgIpc) is 2.88. The summed E-state index contributed by atoms with van der Waals surface area (Å²) in [6.45, 7) is 5.13. The third-order valence-corrected chi connectivity index (χ3v) is 4.85. The average molecular weight is 310 g/mol. The first-order valence-electron chi connectivity index (χ1n) is 8.31. The number of rotatable bonds is 2. The molecule has 3 saturated heterocycles. The van der Waals surface area contributed by atoms with E-state index >= 15 is 0 Å². The molecule has 4 heterocycles. The molecule has 5 heteroatoms. The molecule has 3 fully saturated rings. The van der Waals surface area contributed by atoms with Gasteiger partial charge in [0.25, 0.3) is 0 Å². The van der Waals surface area contributed by atoms with Crippen molar-refractivity contribution in [3.05, 3.63) is 36.0 Å². The summed E-state index contributed by atoms with van der Waals surface area (Å²) in [6.07, 6.45) is 2.54. The summed E-state index contributed by atoms with van der Waals surface area (Å²) >= 11 is 0. The Morgan fingerprint density at radius 3 is 2.83 bits per heavy atom. The highest BCUT2D eigenvalue weighted by Gasteiger charge is 2.29. The number of piperidine rings is 1. The minimum absolute atomic E-state index is 0.224. The molecule has 0 radical (unpaired) electrons. The molecule has 0 saturated carbocycles. The SMILES string of the molecule is Cc1cc(N2C[C@H]3CC[C@@H](C2)NC3)nc(-c2ccccc2O)n1. The maximum absolute atomic E-state index is 10.1. The van der Waals surface area contributed by atoms with Crippen LogP contribution in [0.5, 0.6) is 5.75 Å². The molecule has 23 heavy (non-hydrogen) atoms. The molecule has 3 aliphatic rings. The van der Waals surface area contributed by atoms with Gasteiger partial charge in [0.1, 0.15) is 11.6 Å². The first kappa shape index (κ1) is 14.5. The smallest absolute Gasteiger partial charge is 0.165 e. The highest BCUT2D eigenvalue weighted by molar-refractivity contribution is 5.65. The normalized spacial score (nSPS) is 23.8. The molecule has 3 aliphatic heterocycles.